The molecule has 1 aromatic heterocycles. The van der Waals surface area contributed by atoms with Crippen LogP contribution in [0.5, 0.6) is 5.88 Å². The van der Waals surface area contributed by atoms with Crippen molar-refractivity contribution in [1.82, 2.24) is 9.78 Å². The number of amides is 1. The molecule has 0 saturated heterocycles. The van der Waals surface area contributed by atoms with Gasteiger partial charge in [-0.2, -0.15) is 23.6 Å². The van der Waals surface area contributed by atoms with Crippen LogP contribution in [0.3, 0.4) is 0 Å². The van der Waals surface area contributed by atoms with Crippen LogP contribution in [0.2, 0.25) is 0 Å². The second-order valence-corrected chi connectivity index (χ2v) is 11.2. The maximum Gasteiger partial charge on any atom is 1.00 e. The van der Waals surface area contributed by atoms with Gasteiger partial charge in [-0.15, -0.1) is 0 Å². The summed E-state index contributed by atoms with van der Waals surface area (Å²) in [5.74, 6) is -5.47. The number of aromatic carboxylic acids is 1. The molecule has 0 atom stereocenters. The smallest absolute Gasteiger partial charge is 0.858 e. The van der Waals surface area contributed by atoms with Gasteiger partial charge in [-0.05, 0) is 60.5 Å². The standard InChI is InChI=1S/C25H18N4O12S2.4K/c30-22-18(20(24(32)33)26-28(22)14-6-10-16(11-7-14)42(36,37)38)4-2-1-3-5-19-21(25(34)35)27-29(23(19)31)15-8-12-17(13-9-15)43(39,40)41;;;;/h1-13,30H,(H,32,33)(H,34,35)(H,36,37,38)(H,39,40,41);;;;/q;4*+1/p-4. The first kappa shape index (κ1) is 48.1. The summed E-state index contributed by atoms with van der Waals surface area (Å²) < 4.78 is 65.5. The molecule has 4 rings (SSSR count). The number of carboxylic acid groups (broad SMARTS) is 2. The predicted octanol–water partition coefficient (Wildman–Crippen LogP) is -13.9. The van der Waals surface area contributed by atoms with Crippen molar-refractivity contribution in [3.8, 4) is 11.6 Å². The zero-order valence-electron chi connectivity index (χ0n) is 25.0. The number of anilines is 1. The molecule has 22 heteroatoms. The van der Waals surface area contributed by atoms with Crippen molar-refractivity contribution >= 4 is 55.6 Å². The van der Waals surface area contributed by atoms with Gasteiger partial charge in [0.2, 0.25) is 0 Å². The Hall–Kier alpha value is 1.12. The number of benzene rings is 2. The average molecular weight is 783 g/mol. The number of nitrogens with zero attached hydrogens (tertiary/aromatic N) is 4. The number of hydrazone groups is 1. The minimum atomic E-state index is -4.77. The molecular formula is C25H14K4N4O12S2. The molecule has 0 radical (unpaired) electrons. The van der Waals surface area contributed by atoms with Crippen LogP contribution in [0.1, 0.15) is 16.1 Å². The third kappa shape index (κ3) is 12.1. The summed E-state index contributed by atoms with van der Waals surface area (Å²) in [5, 5.41) is 43.9. The van der Waals surface area contributed by atoms with E-state index in [1.165, 1.54) is 18.2 Å². The summed E-state index contributed by atoms with van der Waals surface area (Å²) >= 11 is 0. The van der Waals surface area contributed by atoms with Gasteiger partial charge in [0.05, 0.1) is 38.7 Å². The van der Waals surface area contributed by atoms with Crippen molar-refractivity contribution in [2.45, 2.75) is 9.79 Å². The SMILES string of the molecule is O=C([O-])C1=NN(c2ccc(S(=O)(=O)[O-])cc2)C(=O)C1=CC=CC=Cc1c(C(=O)[O-])nn(-c2ccc(S(=O)(=O)O)cc2)c1[O-].[K+].[K+].[K+].[K+]. The third-order valence-corrected chi connectivity index (χ3v) is 7.36. The van der Waals surface area contributed by atoms with Crippen molar-refractivity contribution in [3.63, 3.8) is 0 Å². The van der Waals surface area contributed by atoms with Gasteiger partial charge in [0.15, 0.2) is 0 Å². The molecule has 0 fully saturated rings. The van der Waals surface area contributed by atoms with Crippen LogP contribution in [0.25, 0.3) is 11.8 Å². The van der Waals surface area contributed by atoms with Gasteiger partial charge < -0.3 is 29.5 Å². The molecule has 1 N–H and O–H groups in total. The molecule has 0 saturated carbocycles. The Morgan fingerprint density at radius 3 is 1.81 bits per heavy atom. The molecule has 222 valence electrons. The third-order valence-electron chi connectivity index (χ3n) is 5.64. The van der Waals surface area contributed by atoms with E-state index in [1.54, 1.807) is 0 Å². The van der Waals surface area contributed by atoms with Crippen molar-refractivity contribution in [1.29, 1.82) is 0 Å². The van der Waals surface area contributed by atoms with Gasteiger partial charge in [0.1, 0.15) is 21.5 Å². The van der Waals surface area contributed by atoms with E-state index in [-0.39, 0.29) is 217 Å². The van der Waals surface area contributed by atoms with E-state index in [9.17, 15) is 51.1 Å². The average Bonchev–Trinajstić information content (AvgIpc) is 3.44. The van der Waals surface area contributed by atoms with Crippen LogP contribution < -0.4 is 226 Å². The first-order valence-electron chi connectivity index (χ1n) is 11.4. The fourth-order valence-corrected chi connectivity index (χ4v) is 4.61. The summed E-state index contributed by atoms with van der Waals surface area (Å²) in [4.78, 5) is 34.9. The minimum absolute atomic E-state index is 0. The fraction of sp³-hybridized carbons (Fsp3) is 0. The van der Waals surface area contributed by atoms with E-state index in [0.29, 0.717) is 9.69 Å². The van der Waals surface area contributed by atoms with E-state index < -0.39 is 76.3 Å². The van der Waals surface area contributed by atoms with Crippen LogP contribution in [-0.4, -0.2) is 59.3 Å². The van der Waals surface area contributed by atoms with Gasteiger partial charge in [-0.1, -0.05) is 24.3 Å². The number of rotatable bonds is 9. The Labute approximate surface area is 437 Å². The Bertz CT molecular complexity index is 2010. The number of allylic oxidation sites excluding steroid dienone is 4. The first-order valence-corrected chi connectivity index (χ1v) is 14.3. The van der Waals surface area contributed by atoms with E-state index >= 15 is 0 Å². The van der Waals surface area contributed by atoms with Crippen LogP contribution in [0, 0.1) is 0 Å². The van der Waals surface area contributed by atoms with Crippen molar-refractivity contribution in [3.05, 3.63) is 89.7 Å². The Morgan fingerprint density at radius 1 is 0.787 bits per heavy atom. The molecule has 0 bridgehead atoms. The number of carboxylic acids is 2. The second-order valence-electron chi connectivity index (χ2n) is 8.36. The van der Waals surface area contributed by atoms with E-state index in [0.717, 1.165) is 60.7 Å². The molecule has 1 amide bonds. The molecular weight excluding hydrogens is 769 g/mol. The molecule has 2 heterocycles. The summed E-state index contributed by atoms with van der Waals surface area (Å²) in [6.45, 7) is 0. The Morgan fingerprint density at radius 2 is 1.32 bits per heavy atom. The van der Waals surface area contributed by atoms with Crippen LogP contribution >= 0.6 is 0 Å². The molecule has 0 aliphatic carbocycles. The first-order chi connectivity index (χ1) is 20.1. The van der Waals surface area contributed by atoms with Crippen LogP contribution in [0.4, 0.5) is 5.69 Å². The van der Waals surface area contributed by atoms with Gasteiger partial charge in [0.25, 0.3) is 16.0 Å². The summed E-state index contributed by atoms with van der Waals surface area (Å²) in [7, 11) is -9.29. The molecule has 0 unspecified atom stereocenters. The molecule has 0 spiro atoms. The largest absolute Gasteiger partial charge is 1.00 e. The normalized spacial score (nSPS) is 13.8. The Kier molecular flexibility index (Phi) is 20.9. The minimum Gasteiger partial charge on any atom is -0.858 e. The second kappa shape index (κ2) is 20.4. The number of carbonyl (C=O) groups is 3. The number of hydrogen-bond donors (Lipinski definition) is 1. The summed E-state index contributed by atoms with van der Waals surface area (Å²) in [5.41, 5.74) is -2.46. The van der Waals surface area contributed by atoms with Gasteiger partial charge in [-0.25, -0.2) is 13.1 Å². The van der Waals surface area contributed by atoms with E-state index in [2.05, 4.69) is 10.2 Å². The van der Waals surface area contributed by atoms with Crippen LogP contribution in [-0.2, 0) is 29.8 Å². The molecule has 1 aliphatic heterocycles. The maximum atomic E-state index is 12.8. The topological polar surface area (TPSA) is 265 Å². The van der Waals surface area contributed by atoms with Gasteiger partial charge in [-0.3, -0.25) is 9.35 Å². The van der Waals surface area contributed by atoms with Crippen molar-refractivity contribution in [2.24, 2.45) is 5.10 Å². The maximum absolute atomic E-state index is 12.8. The molecule has 16 nitrogen and oxygen atoms in total. The monoisotopic (exact) mass is 782 g/mol. The molecule has 47 heavy (non-hydrogen) atoms. The Balaban J connectivity index is 0.00000529. The van der Waals surface area contributed by atoms with Crippen LogP contribution in [0.15, 0.2) is 93.3 Å². The predicted molar refractivity (Wildman–Crippen MR) is 138 cm³/mol. The zero-order chi connectivity index (χ0) is 31.7. The van der Waals surface area contributed by atoms with Gasteiger partial charge >= 0.3 is 206 Å². The number of aromatic nitrogens is 2. The quantitative estimate of drug-likeness (QED) is 0.0916. The van der Waals surface area contributed by atoms with E-state index in [1.807, 2.05) is 0 Å². The number of hydrogen-bond acceptors (Lipinski definition) is 13. The number of carbonyl (C=O) groups excluding carboxylic acids is 3. The fourth-order valence-electron chi connectivity index (χ4n) is 3.66. The molecule has 2 aromatic carbocycles. The molecule has 3 aromatic rings. The van der Waals surface area contributed by atoms with Crippen molar-refractivity contribution < 1.29 is 261 Å². The van der Waals surface area contributed by atoms with E-state index in [4.69, 9.17) is 4.55 Å². The summed E-state index contributed by atoms with van der Waals surface area (Å²) in [6.07, 6.45) is 5.63. The zero-order valence-corrected chi connectivity index (χ0v) is 39.2. The molecule has 1 aliphatic rings. The number of aliphatic carboxylic acids is 1. The van der Waals surface area contributed by atoms with Crippen molar-refractivity contribution in [2.75, 3.05) is 5.01 Å². The van der Waals surface area contributed by atoms with Gasteiger partial charge in [0, 0.05) is 5.56 Å². The summed E-state index contributed by atoms with van der Waals surface area (Å²) in [6, 6.07) is 8.11.